The van der Waals surface area contributed by atoms with E-state index in [1.807, 2.05) is 24.3 Å². The number of nitrogens with zero attached hydrogens (tertiary/aromatic N) is 1. The van der Waals surface area contributed by atoms with Crippen LogP contribution in [0, 0.1) is 17.1 Å². The van der Waals surface area contributed by atoms with E-state index >= 15 is 0 Å². The lowest BCUT2D eigenvalue weighted by Gasteiger charge is -2.10. The van der Waals surface area contributed by atoms with Crippen LogP contribution >= 0.6 is 15.9 Å². The summed E-state index contributed by atoms with van der Waals surface area (Å²) in [6.07, 6.45) is 0. The standard InChI is InChI=1S/C15H12BrFN2O/c1-20-14-6-5-12(7-13(14)16)19-9-11-4-2-3-10(8-18)15(11)17/h2-7,19H,9H2,1H3. The van der Waals surface area contributed by atoms with Gasteiger partial charge >= 0.3 is 0 Å². The number of nitrogens with one attached hydrogen (secondary N) is 1. The van der Waals surface area contributed by atoms with Gasteiger partial charge in [-0.25, -0.2) is 4.39 Å². The summed E-state index contributed by atoms with van der Waals surface area (Å²) in [5.74, 6) is 0.253. The fourth-order valence-corrected chi connectivity index (χ4v) is 2.32. The molecule has 102 valence electrons. The number of ether oxygens (including phenoxy) is 1. The Morgan fingerprint density at radius 2 is 2.15 bits per heavy atom. The van der Waals surface area contributed by atoms with Gasteiger partial charge in [-0.15, -0.1) is 0 Å². The molecule has 0 saturated heterocycles. The van der Waals surface area contributed by atoms with Crippen LogP contribution < -0.4 is 10.1 Å². The second-order valence-corrected chi connectivity index (χ2v) is 4.95. The third kappa shape index (κ3) is 3.09. The van der Waals surface area contributed by atoms with Crippen LogP contribution in [0.25, 0.3) is 0 Å². The van der Waals surface area contributed by atoms with Crippen LogP contribution in [0.15, 0.2) is 40.9 Å². The lowest BCUT2D eigenvalue weighted by Crippen LogP contribution is -2.03. The fraction of sp³-hybridized carbons (Fsp3) is 0.133. The molecule has 0 aliphatic rings. The Kier molecular flexibility index (Phi) is 4.59. The van der Waals surface area contributed by atoms with Gasteiger partial charge in [-0.2, -0.15) is 5.26 Å². The molecule has 0 radical (unpaired) electrons. The molecule has 0 saturated carbocycles. The third-order valence-electron chi connectivity index (χ3n) is 2.83. The first-order valence-electron chi connectivity index (χ1n) is 5.90. The van der Waals surface area contributed by atoms with E-state index in [1.54, 1.807) is 19.2 Å². The van der Waals surface area contributed by atoms with Gasteiger partial charge in [-0.05, 0) is 40.2 Å². The first-order valence-corrected chi connectivity index (χ1v) is 6.70. The first-order chi connectivity index (χ1) is 9.65. The molecule has 0 bridgehead atoms. The summed E-state index contributed by atoms with van der Waals surface area (Å²) in [4.78, 5) is 0. The zero-order valence-electron chi connectivity index (χ0n) is 10.8. The number of hydrogen-bond acceptors (Lipinski definition) is 3. The number of methoxy groups -OCH3 is 1. The quantitative estimate of drug-likeness (QED) is 0.916. The van der Waals surface area contributed by atoms with Crippen molar-refractivity contribution < 1.29 is 9.13 Å². The zero-order valence-corrected chi connectivity index (χ0v) is 12.4. The smallest absolute Gasteiger partial charge is 0.145 e. The molecule has 0 heterocycles. The molecule has 20 heavy (non-hydrogen) atoms. The van der Waals surface area contributed by atoms with Crippen molar-refractivity contribution in [1.82, 2.24) is 0 Å². The summed E-state index contributed by atoms with van der Waals surface area (Å²) in [7, 11) is 1.59. The van der Waals surface area contributed by atoms with Crippen molar-refractivity contribution in [2.24, 2.45) is 0 Å². The molecular weight excluding hydrogens is 323 g/mol. The maximum Gasteiger partial charge on any atom is 0.145 e. The molecule has 0 atom stereocenters. The molecule has 0 fully saturated rings. The minimum atomic E-state index is -0.477. The Morgan fingerprint density at radius 1 is 1.35 bits per heavy atom. The summed E-state index contributed by atoms with van der Waals surface area (Å²) in [5.41, 5.74) is 1.34. The second kappa shape index (κ2) is 6.40. The maximum absolute atomic E-state index is 13.9. The topological polar surface area (TPSA) is 45.0 Å². The third-order valence-corrected chi connectivity index (χ3v) is 3.45. The number of halogens is 2. The highest BCUT2D eigenvalue weighted by Crippen LogP contribution is 2.28. The van der Waals surface area contributed by atoms with Crippen LogP contribution in [0.1, 0.15) is 11.1 Å². The van der Waals surface area contributed by atoms with Crippen LogP contribution in [0.4, 0.5) is 10.1 Å². The summed E-state index contributed by atoms with van der Waals surface area (Å²) in [5, 5.41) is 11.9. The fourth-order valence-electron chi connectivity index (χ4n) is 1.78. The lowest BCUT2D eigenvalue weighted by molar-refractivity contribution is 0.412. The van der Waals surface area contributed by atoms with E-state index in [-0.39, 0.29) is 5.56 Å². The number of anilines is 1. The SMILES string of the molecule is COc1ccc(NCc2cccc(C#N)c2F)cc1Br. The molecule has 3 nitrogen and oxygen atoms in total. The summed E-state index contributed by atoms with van der Waals surface area (Å²) in [6.45, 7) is 0.306. The molecule has 1 N–H and O–H groups in total. The van der Waals surface area contributed by atoms with Gasteiger partial charge < -0.3 is 10.1 Å². The van der Waals surface area contributed by atoms with Crippen molar-refractivity contribution in [3.8, 4) is 11.8 Å². The average molecular weight is 335 g/mol. The predicted molar refractivity (Wildman–Crippen MR) is 79.1 cm³/mol. The molecule has 0 aromatic heterocycles. The summed E-state index contributed by atoms with van der Waals surface area (Å²) < 4.78 is 19.8. The largest absolute Gasteiger partial charge is 0.496 e. The average Bonchev–Trinajstić information content (AvgIpc) is 2.46. The van der Waals surface area contributed by atoms with Crippen LogP contribution in [0.5, 0.6) is 5.75 Å². The number of rotatable bonds is 4. The molecule has 0 aliphatic heterocycles. The minimum Gasteiger partial charge on any atom is -0.496 e. The van der Waals surface area contributed by atoms with Gasteiger partial charge in [-0.3, -0.25) is 0 Å². The van der Waals surface area contributed by atoms with Gasteiger partial charge in [0.2, 0.25) is 0 Å². The molecule has 0 unspecified atom stereocenters. The first kappa shape index (κ1) is 14.4. The van der Waals surface area contributed by atoms with Crippen molar-refractivity contribution in [2.75, 3.05) is 12.4 Å². The zero-order chi connectivity index (χ0) is 14.5. The molecule has 0 aliphatic carbocycles. The Morgan fingerprint density at radius 3 is 2.80 bits per heavy atom. The Labute approximate surface area is 125 Å². The molecule has 5 heteroatoms. The van der Waals surface area contributed by atoms with Gasteiger partial charge in [0.15, 0.2) is 0 Å². The Balaban J connectivity index is 2.13. The van der Waals surface area contributed by atoms with Gasteiger partial charge in [-0.1, -0.05) is 12.1 Å². The Hall–Kier alpha value is -2.06. The minimum absolute atomic E-state index is 0.0558. The van der Waals surface area contributed by atoms with Crippen molar-refractivity contribution in [2.45, 2.75) is 6.54 Å². The molecule has 2 rings (SSSR count). The van der Waals surface area contributed by atoms with Crippen LogP contribution in [-0.4, -0.2) is 7.11 Å². The Bertz CT molecular complexity index is 667. The van der Waals surface area contributed by atoms with Crippen LogP contribution in [0.3, 0.4) is 0 Å². The van der Waals surface area contributed by atoms with Crippen LogP contribution in [0.2, 0.25) is 0 Å². The molecule has 2 aromatic carbocycles. The number of hydrogen-bond donors (Lipinski definition) is 1. The monoisotopic (exact) mass is 334 g/mol. The number of nitriles is 1. The molecule has 2 aromatic rings. The second-order valence-electron chi connectivity index (χ2n) is 4.09. The highest BCUT2D eigenvalue weighted by Gasteiger charge is 2.07. The van der Waals surface area contributed by atoms with Gasteiger partial charge in [0.05, 0.1) is 17.1 Å². The highest BCUT2D eigenvalue weighted by atomic mass is 79.9. The molecule has 0 amide bonds. The van der Waals surface area contributed by atoms with E-state index in [9.17, 15) is 4.39 Å². The molecule has 0 spiro atoms. The van der Waals surface area contributed by atoms with Crippen molar-refractivity contribution in [3.63, 3.8) is 0 Å². The van der Waals surface area contributed by atoms with Crippen molar-refractivity contribution in [1.29, 1.82) is 5.26 Å². The number of benzene rings is 2. The van der Waals surface area contributed by atoms with Crippen molar-refractivity contribution in [3.05, 3.63) is 57.8 Å². The predicted octanol–water partition coefficient (Wildman–Crippen LogP) is 4.08. The van der Waals surface area contributed by atoms with Crippen LogP contribution in [-0.2, 0) is 6.54 Å². The van der Waals surface area contributed by atoms with Gasteiger partial charge in [0.1, 0.15) is 17.6 Å². The van der Waals surface area contributed by atoms with E-state index < -0.39 is 5.82 Å². The summed E-state index contributed by atoms with van der Waals surface area (Å²) >= 11 is 3.39. The van der Waals surface area contributed by atoms with Gasteiger partial charge in [0.25, 0.3) is 0 Å². The normalized spacial score (nSPS) is 9.90. The molecular formula is C15H12BrFN2O. The maximum atomic E-state index is 13.9. The van der Waals surface area contributed by atoms with E-state index in [4.69, 9.17) is 10.00 Å². The van der Waals surface area contributed by atoms with Crippen molar-refractivity contribution >= 4 is 21.6 Å². The van der Waals surface area contributed by atoms with Gasteiger partial charge in [0, 0.05) is 17.8 Å². The highest BCUT2D eigenvalue weighted by molar-refractivity contribution is 9.10. The van der Waals surface area contributed by atoms with E-state index in [2.05, 4.69) is 21.2 Å². The summed E-state index contributed by atoms with van der Waals surface area (Å²) in [6, 6.07) is 12.1. The van der Waals surface area contributed by atoms with E-state index in [1.165, 1.54) is 6.07 Å². The van der Waals surface area contributed by atoms with E-state index in [0.29, 0.717) is 12.1 Å². The lowest BCUT2D eigenvalue weighted by atomic mass is 10.1. The van der Waals surface area contributed by atoms with E-state index in [0.717, 1.165) is 15.9 Å².